The standard InChI is InChI=1S/C20H19N3O3S/c1-2-22-16-9-8-14(11-17(16)27-20(22)26)21-19(25)13-10-18(24)23(12-13)15-6-4-3-5-7-15/h3-9,11,13H,2,10,12H2,1H3,(H,21,25). The van der Waals surface area contributed by atoms with E-state index in [-0.39, 0.29) is 23.1 Å². The van der Waals surface area contributed by atoms with Crippen molar-refractivity contribution in [1.82, 2.24) is 4.57 Å². The predicted octanol–water partition coefficient (Wildman–Crippen LogP) is 3.07. The summed E-state index contributed by atoms with van der Waals surface area (Å²) in [5, 5.41) is 2.89. The summed E-state index contributed by atoms with van der Waals surface area (Å²) in [5.41, 5.74) is 2.32. The summed E-state index contributed by atoms with van der Waals surface area (Å²) in [6, 6.07) is 14.8. The largest absolute Gasteiger partial charge is 0.326 e. The minimum Gasteiger partial charge on any atom is -0.326 e. The van der Waals surface area contributed by atoms with Crippen molar-refractivity contribution in [3.63, 3.8) is 0 Å². The molecule has 0 saturated carbocycles. The number of nitrogens with zero attached hydrogens (tertiary/aromatic N) is 2. The Bertz CT molecular complexity index is 1070. The highest BCUT2D eigenvalue weighted by atomic mass is 32.1. The van der Waals surface area contributed by atoms with Gasteiger partial charge in [0.05, 0.1) is 16.1 Å². The molecule has 0 aliphatic carbocycles. The van der Waals surface area contributed by atoms with Gasteiger partial charge < -0.3 is 10.2 Å². The Morgan fingerprint density at radius 2 is 1.96 bits per heavy atom. The summed E-state index contributed by atoms with van der Waals surface area (Å²) in [5.74, 6) is -0.620. The monoisotopic (exact) mass is 381 g/mol. The lowest BCUT2D eigenvalue weighted by Gasteiger charge is -2.16. The van der Waals surface area contributed by atoms with Gasteiger partial charge in [-0.25, -0.2) is 0 Å². The molecule has 2 aromatic carbocycles. The van der Waals surface area contributed by atoms with Crippen LogP contribution in [0.1, 0.15) is 13.3 Å². The van der Waals surface area contributed by atoms with Crippen LogP contribution in [0.15, 0.2) is 53.3 Å². The molecular weight excluding hydrogens is 362 g/mol. The van der Waals surface area contributed by atoms with Gasteiger partial charge in [0.1, 0.15) is 0 Å². The molecule has 1 aliphatic heterocycles. The zero-order valence-electron chi connectivity index (χ0n) is 14.8. The second kappa shape index (κ2) is 7.00. The van der Waals surface area contributed by atoms with Crippen molar-refractivity contribution < 1.29 is 9.59 Å². The highest BCUT2D eigenvalue weighted by molar-refractivity contribution is 7.16. The van der Waals surface area contributed by atoms with Gasteiger partial charge in [-0.1, -0.05) is 29.5 Å². The molecule has 0 radical (unpaired) electrons. The first-order chi connectivity index (χ1) is 13.1. The molecule has 2 amide bonds. The fourth-order valence-electron chi connectivity index (χ4n) is 3.43. The van der Waals surface area contributed by atoms with Gasteiger partial charge in [-0.2, -0.15) is 0 Å². The predicted molar refractivity (Wildman–Crippen MR) is 107 cm³/mol. The first kappa shape index (κ1) is 17.5. The molecule has 1 aromatic heterocycles. The molecular formula is C20H19N3O3S. The fraction of sp³-hybridized carbons (Fsp3) is 0.250. The molecule has 138 valence electrons. The lowest BCUT2D eigenvalue weighted by Crippen LogP contribution is -2.28. The number of rotatable bonds is 4. The van der Waals surface area contributed by atoms with Crippen LogP contribution in [0.3, 0.4) is 0 Å². The van der Waals surface area contributed by atoms with Gasteiger partial charge in [-0.3, -0.25) is 19.0 Å². The molecule has 0 spiro atoms. The number of amides is 2. The third kappa shape index (κ3) is 3.26. The molecule has 1 fully saturated rings. The molecule has 1 saturated heterocycles. The highest BCUT2D eigenvalue weighted by Crippen LogP contribution is 2.27. The number of anilines is 2. The van der Waals surface area contributed by atoms with E-state index in [9.17, 15) is 14.4 Å². The molecule has 6 nitrogen and oxygen atoms in total. The maximum Gasteiger partial charge on any atom is 0.308 e. The minimum atomic E-state index is -0.396. The van der Waals surface area contributed by atoms with Crippen molar-refractivity contribution in [2.75, 3.05) is 16.8 Å². The van der Waals surface area contributed by atoms with Crippen LogP contribution in [0.2, 0.25) is 0 Å². The van der Waals surface area contributed by atoms with E-state index < -0.39 is 5.92 Å². The van der Waals surface area contributed by atoms with Crippen molar-refractivity contribution in [3.05, 3.63) is 58.2 Å². The van der Waals surface area contributed by atoms with Crippen LogP contribution in [0.5, 0.6) is 0 Å². The Labute approximate surface area is 160 Å². The number of nitrogens with one attached hydrogen (secondary N) is 1. The summed E-state index contributed by atoms with van der Waals surface area (Å²) < 4.78 is 2.55. The van der Waals surface area contributed by atoms with Gasteiger partial charge >= 0.3 is 4.87 Å². The molecule has 1 aliphatic rings. The number of para-hydroxylation sites is 1. The lowest BCUT2D eigenvalue weighted by molar-refractivity contribution is -0.122. The number of benzene rings is 2. The number of carbonyl (C=O) groups is 2. The first-order valence-corrected chi connectivity index (χ1v) is 9.68. The van der Waals surface area contributed by atoms with E-state index in [0.717, 1.165) is 15.9 Å². The first-order valence-electron chi connectivity index (χ1n) is 8.86. The van der Waals surface area contributed by atoms with E-state index in [2.05, 4.69) is 5.32 Å². The summed E-state index contributed by atoms with van der Waals surface area (Å²) >= 11 is 1.17. The topological polar surface area (TPSA) is 71.4 Å². The Morgan fingerprint density at radius 3 is 2.70 bits per heavy atom. The molecule has 1 unspecified atom stereocenters. The van der Waals surface area contributed by atoms with Crippen molar-refractivity contribution in [2.24, 2.45) is 5.92 Å². The van der Waals surface area contributed by atoms with Crippen LogP contribution in [0, 0.1) is 5.92 Å². The molecule has 1 atom stereocenters. The van der Waals surface area contributed by atoms with Gasteiger partial charge in [-0.05, 0) is 37.3 Å². The SMILES string of the molecule is CCn1c(=O)sc2cc(NC(=O)C3CC(=O)N(c4ccccc4)C3)ccc21. The molecule has 1 N–H and O–H groups in total. The molecule has 2 heterocycles. The number of hydrogen-bond acceptors (Lipinski definition) is 4. The van der Waals surface area contributed by atoms with Crippen molar-refractivity contribution in [3.8, 4) is 0 Å². The third-order valence-corrected chi connectivity index (χ3v) is 5.76. The second-order valence-electron chi connectivity index (χ2n) is 6.52. The van der Waals surface area contributed by atoms with E-state index in [1.165, 1.54) is 11.3 Å². The fourth-order valence-corrected chi connectivity index (χ4v) is 4.42. The summed E-state index contributed by atoms with van der Waals surface area (Å²) in [6.07, 6.45) is 0.197. The Hall–Kier alpha value is -2.93. The van der Waals surface area contributed by atoms with Gasteiger partial charge in [0.2, 0.25) is 11.8 Å². The maximum atomic E-state index is 12.6. The average Bonchev–Trinajstić information content (AvgIpc) is 3.21. The smallest absolute Gasteiger partial charge is 0.308 e. The normalized spacial score (nSPS) is 16.9. The number of aromatic nitrogens is 1. The summed E-state index contributed by atoms with van der Waals surface area (Å²) in [6.45, 7) is 2.92. The van der Waals surface area contributed by atoms with Gasteiger partial charge in [-0.15, -0.1) is 0 Å². The number of carbonyl (C=O) groups excluding carboxylic acids is 2. The highest BCUT2D eigenvalue weighted by Gasteiger charge is 2.35. The van der Waals surface area contributed by atoms with Gasteiger partial charge in [0.25, 0.3) is 0 Å². The average molecular weight is 381 g/mol. The van der Waals surface area contributed by atoms with Crippen molar-refractivity contribution in [1.29, 1.82) is 0 Å². The van der Waals surface area contributed by atoms with Crippen LogP contribution in [-0.4, -0.2) is 22.9 Å². The van der Waals surface area contributed by atoms with Crippen LogP contribution < -0.4 is 15.1 Å². The number of fused-ring (bicyclic) bond motifs is 1. The van der Waals surface area contributed by atoms with E-state index in [1.54, 1.807) is 15.5 Å². The van der Waals surface area contributed by atoms with Crippen molar-refractivity contribution in [2.45, 2.75) is 19.9 Å². The van der Waals surface area contributed by atoms with E-state index in [1.807, 2.05) is 49.4 Å². The van der Waals surface area contributed by atoms with Crippen LogP contribution in [-0.2, 0) is 16.1 Å². The molecule has 27 heavy (non-hydrogen) atoms. The van der Waals surface area contributed by atoms with Gasteiger partial charge in [0.15, 0.2) is 0 Å². The van der Waals surface area contributed by atoms with Crippen LogP contribution in [0.25, 0.3) is 10.2 Å². The van der Waals surface area contributed by atoms with Crippen LogP contribution >= 0.6 is 11.3 Å². The Morgan fingerprint density at radius 1 is 1.19 bits per heavy atom. The second-order valence-corrected chi connectivity index (χ2v) is 7.52. The van der Waals surface area contributed by atoms with Crippen molar-refractivity contribution >= 4 is 44.7 Å². The minimum absolute atomic E-state index is 0.00382. The zero-order chi connectivity index (χ0) is 19.0. The molecule has 4 rings (SSSR count). The third-order valence-electron chi connectivity index (χ3n) is 4.82. The number of thiazole rings is 1. The van der Waals surface area contributed by atoms with Crippen LogP contribution in [0.4, 0.5) is 11.4 Å². The zero-order valence-corrected chi connectivity index (χ0v) is 15.7. The Kier molecular flexibility index (Phi) is 4.53. The van der Waals surface area contributed by atoms with E-state index in [4.69, 9.17) is 0 Å². The number of aryl methyl sites for hydroxylation is 1. The summed E-state index contributed by atoms with van der Waals surface area (Å²) in [7, 11) is 0. The Balaban J connectivity index is 1.50. The van der Waals surface area contributed by atoms with Gasteiger partial charge in [0, 0.05) is 30.9 Å². The summed E-state index contributed by atoms with van der Waals surface area (Å²) in [4.78, 5) is 38.6. The van der Waals surface area contributed by atoms with E-state index >= 15 is 0 Å². The maximum absolute atomic E-state index is 12.6. The molecule has 3 aromatic rings. The molecule has 7 heteroatoms. The van der Waals surface area contributed by atoms with E-state index in [0.29, 0.717) is 18.8 Å². The molecule has 0 bridgehead atoms. The quantitative estimate of drug-likeness (QED) is 0.755. The number of hydrogen-bond donors (Lipinski definition) is 1. The lowest BCUT2D eigenvalue weighted by atomic mass is 10.1.